The highest BCUT2D eigenvalue weighted by molar-refractivity contribution is 4.80. The fraction of sp³-hybridized carbons (Fsp3) is 1.00. The van der Waals surface area contributed by atoms with Crippen molar-refractivity contribution in [1.29, 1.82) is 0 Å². The highest BCUT2D eigenvalue weighted by Crippen LogP contribution is 2.27. The van der Waals surface area contributed by atoms with Crippen LogP contribution in [0.5, 0.6) is 0 Å². The van der Waals surface area contributed by atoms with Crippen molar-refractivity contribution < 1.29 is 4.74 Å². The number of rotatable bonds is 1. The van der Waals surface area contributed by atoms with E-state index >= 15 is 0 Å². The summed E-state index contributed by atoms with van der Waals surface area (Å²) in [6.45, 7) is 5.45. The summed E-state index contributed by atoms with van der Waals surface area (Å²) in [7, 11) is 0. The summed E-state index contributed by atoms with van der Waals surface area (Å²) in [5.41, 5.74) is 0. The van der Waals surface area contributed by atoms with Crippen molar-refractivity contribution in [3.05, 3.63) is 0 Å². The molecule has 2 nitrogen and oxygen atoms in total. The average molecular weight is 183 g/mol. The van der Waals surface area contributed by atoms with Crippen LogP contribution in [0.15, 0.2) is 0 Å². The summed E-state index contributed by atoms with van der Waals surface area (Å²) in [6.07, 6.45) is 6.80. The van der Waals surface area contributed by atoms with E-state index in [1.54, 1.807) is 0 Å². The topological polar surface area (TPSA) is 12.5 Å². The lowest BCUT2D eigenvalue weighted by Gasteiger charge is -2.37. The number of hydrogen-bond donors (Lipinski definition) is 0. The molecule has 2 aliphatic heterocycles. The Morgan fingerprint density at radius 2 is 2.23 bits per heavy atom. The summed E-state index contributed by atoms with van der Waals surface area (Å²) in [5, 5.41) is 0. The molecule has 0 spiro atoms. The lowest BCUT2D eigenvalue weighted by Crippen LogP contribution is -2.43. The molecule has 2 heteroatoms. The van der Waals surface area contributed by atoms with Gasteiger partial charge < -0.3 is 4.74 Å². The molecule has 0 bridgehead atoms. The van der Waals surface area contributed by atoms with Crippen LogP contribution < -0.4 is 0 Å². The first-order chi connectivity index (χ1) is 6.40. The van der Waals surface area contributed by atoms with Gasteiger partial charge in [-0.1, -0.05) is 13.3 Å². The van der Waals surface area contributed by atoms with E-state index < -0.39 is 0 Å². The van der Waals surface area contributed by atoms with Gasteiger partial charge in [0, 0.05) is 19.2 Å². The third kappa shape index (κ3) is 2.23. The van der Waals surface area contributed by atoms with Gasteiger partial charge in [-0.05, 0) is 31.6 Å². The molecule has 0 aromatic rings. The highest BCUT2D eigenvalue weighted by atomic mass is 16.5. The van der Waals surface area contributed by atoms with Crippen molar-refractivity contribution in [3.8, 4) is 0 Å². The third-order valence-electron chi connectivity index (χ3n) is 3.58. The second kappa shape index (κ2) is 4.43. The molecule has 0 saturated carbocycles. The van der Waals surface area contributed by atoms with E-state index in [1.807, 2.05) is 0 Å². The second-order valence-corrected chi connectivity index (χ2v) is 4.46. The zero-order valence-electron chi connectivity index (χ0n) is 8.67. The summed E-state index contributed by atoms with van der Waals surface area (Å²) in [4.78, 5) is 2.56. The molecule has 2 fully saturated rings. The molecule has 0 amide bonds. The van der Waals surface area contributed by atoms with Gasteiger partial charge in [0.2, 0.25) is 0 Å². The Morgan fingerprint density at radius 3 is 3.08 bits per heavy atom. The number of ether oxygens (including phenoxy) is 1. The average Bonchev–Trinajstić information content (AvgIpc) is 2.41. The minimum atomic E-state index is 0.838. The molecule has 0 aromatic heterocycles. The first kappa shape index (κ1) is 9.47. The molecule has 2 saturated heterocycles. The van der Waals surface area contributed by atoms with E-state index in [0.29, 0.717) is 0 Å². The fourth-order valence-corrected chi connectivity index (χ4v) is 2.60. The molecule has 0 aliphatic carbocycles. The van der Waals surface area contributed by atoms with Gasteiger partial charge in [-0.3, -0.25) is 4.90 Å². The van der Waals surface area contributed by atoms with Gasteiger partial charge >= 0.3 is 0 Å². The van der Waals surface area contributed by atoms with Crippen LogP contribution in [0.1, 0.15) is 39.0 Å². The van der Waals surface area contributed by atoms with Gasteiger partial charge in [0.1, 0.15) is 0 Å². The maximum Gasteiger partial charge on any atom is 0.0992 e. The lowest BCUT2D eigenvalue weighted by molar-refractivity contribution is -0.000353. The predicted molar refractivity (Wildman–Crippen MR) is 53.6 cm³/mol. The van der Waals surface area contributed by atoms with Crippen LogP contribution in [0.25, 0.3) is 0 Å². The van der Waals surface area contributed by atoms with Crippen LogP contribution in [0.3, 0.4) is 0 Å². The molecule has 13 heavy (non-hydrogen) atoms. The van der Waals surface area contributed by atoms with Crippen LogP contribution in [-0.2, 0) is 4.74 Å². The molecular formula is C11H21NO. The van der Waals surface area contributed by atoms with Crippen LogP contribution in [0.2, 0.25) is 0 Å². The maximum atomic E-state index is 5.58. The van der Waals surface area contributed by atoms with Crippen molar-refractivity contribution in [1.82, 2.24) is 4.90 Å². The second-order valence-electron chi connectivity index (χ2n) is 4.46. The van der Waals surface area contributed by atoms with Crippen molar-refractivity contribution in [2.75, 3.05) is 19.9 Å². The first-order valence-corrected chi connectivity index (χ1v) is 5.72. The molecule has 2 heterocycles. The van der Waals surface area contributed by atoms with Crippen LogP contribution in [0.4, 0.5) is 0 Å². The first-order valence-electron chi connectivity index (χ1n) is 5.72. The van der Waals surface area contributed by atoms with Gasteiger partial charge in [0.15, 0.2) is 0 Å². The number of fused-ring (bicyclic) bond motifs is 1. The van der Waals surface area contributed by atoms with Crippen LogP contribution in [0, 0.1) is 5.92 Å². The molecular weight excluding hydrogens is 162 g/mol. The molecule has 2 atom stereocenters. The Kier molecular flexibility index (Phi) is 3.23. The van der Waals surface area contributed by atoms with Gasteiger partial charge in [0.05, 0.1) is 6.73 Å². The lowest BCUT2D eigenvalue weighted by atomic mass is 9.90. The number of hydrogen-bond acceptors (Lipinski definition) is 2. The van der Waals surface area contributed by atoms with Crippen molar-refractivity contribution in [2.45, 2.75) is 45.1 Å². The molecule has 0 unspecified atom stereocenters. The van der Waals surface area contributed by atoms with Gasteiger partial charge in [-0.25, -0.2) is 0 Å². The largest absolute Gasteiger partial charge is 0.366 e. The molecule has 2 rings (SSSR count). The van der Waals surface area contributed by atoms with Crippen molar-refractivity contribution >= 4 is 0 Å². The smallest absolute Gasteiger partial charge is 0.0992 e. The zero-order chi connectivity index (χ0) is 9.10. The van der Waals surface area contributed by atoms with Crippen LogP contribution >= 0.6 is 0 Å². The molecule has 0 aromatic carbocycles. The SMILES string of the molecule is CC[C@H]1CC[C@H]2CCCOCN2C1. The molecule has 0 radical (unpaired) electrons. The monoisotopic (exact) mass is 183 g/mol. The number of piperidine rings is 1. The zero-order valence-corrected chi connectivity index (χ0v) is 8.67. The highest BCUT2D eigenvalue weighted by Gasteiger charge is 2.28. The summed E-state index contributed by atoms with van der Waals surface area (Å²) in [5.74, 6) is 0.929. The molecule has 0 N–H and O–H groups in total. The fourth-order valence-electron chi connectivity index (χ4n) is 2.60. The van der Waals surface area contributed by atoms with E-state index in [-0.39, 0.29) is 0 Å². The number of nitrogens with zero attached hydrogens (tertiary/aromatic N) is 1. The van der Waals surface area contributed by atoms with E-state index in [1.165, 1.54) is 38.6 Å². The maximum absolute atomic E-state index is 5.58. The van der Waals surface area contributed by atoms with Gasteiger partial charge in [-0.15, -0.1) is 0 Å². The Hall–Kier alpha value is -0.0800. The van der Waals surface area contributed by atoms with E-state index in [2.05, 4.69) is 11.8 Å². The Labute approximate surface area is 81.3 Å². The van der Waals surface area contributed by atoms with Gasteiger partial charge in [-0.2, -0.15) is 0 Å². The summed E-state index contributed by atoms with van der Waals surface area (Å²) < 4.78 is 5.58. The van der Waals surface area contributed by atoms with Crippen LogP contribution in [-0.4, -0.2) is 30.8 Å². The molecule has 76 valence electrons. The molecule has 2 aliphatic rings. The standard InChI is InChI=1S/C11H21NO/c1-2-10-5-6-11-4-3-7-13-9-12(11)8-10/h10-11H,2-9H2,1H3/t10-,11+/m0/s1. The summed E-state index contributed by atoms with van der Waals surface area (Å²) in [6, 6.07) is 0.838. The third-order valence-corrected chi connectivity index (χ3v) is 3.58. The van der Waals surface area contributed by atoms with Crippen molar-refractivity contribution in [2.24, 2.45) is 5.92 Å². The normalized spacial score (nSPS) is 36.7. The minimum Gasteiger partial charge on any atom is -0.366 e. The predicted octanol–water partition coefficient (Wildman–Crippen LogP) is 2.24. The summed E-state index contributed by atoms with van der Waals surface area (Å²) >= 11 is 0. The van der Waals surface area contributed by atoms with E-state index in [9.17, 15) is 0 Å². The van der Waals surface area contributed by atoms with E-state index in [0.717, 1.165) is 25.3 Å². The Bertz CT molecular complexity index is 160. The van der Waals surface area contributed by atoms with Crippen molar-refractivity contribution in [3.63, 3.8) is 0 Å². The Balaban J connectivity index is 1.91. The van der Waals surface area contributed by atoms with Gasteiger partial charge in [0.25, 0.3) is 0 Å². The minimum absolute atomic E-state index is 0.838. The quantitative estimate of drug-likeness (QED) is 0.618. The Morgan fingerprint density at radius 1 is 1.31 bits per heavy atom. The van der Waals surface area contributed by atoms with E-state index in [4.69, 9.17) is 4.74 Å².